The number of nitrogens with zero attached hydrogens (tertiary/aromatic N) is 1. The van der Waals surface area contributed by atoms with E-state index in [4.69, 9.17) is 4.74 Å². The Kier molecular flexibility index (Phi) is 10.8. The fraction of sp³-hybridized carbons (Fsp3) is 0.556. The smallest absolute Gasteiger partial charge is 0.308 e. The number of carbonyl (C=O) groups is 2. The highest BCUT2D eigenvalue weighted by Gasteiger charge is 2.53. The number of quaternary nitrogens is 1. The number of hydrogen-bond acceptors (Lipinski definition) is 3. The maximum atomic E-state index is 13.0. The second-order valence-electron chi connectivity index (χ2n) is 13.1. The van der Waals surface area contributed by atoms with Gasteiger partial charge >= 0.3 is 5.97 Å². The molecule has 41 heavy (non-hydrogen) atoms. The molecule has 1 N–H and O–H groups in total. The van der Waals surface area contributed by atoms with Gasteiger partial charge in [0.1, 0.15) is 5.75 Å². The molecule has 1 unspecified atom stereocenters. The molecule has 0 aromatic heterocycles. The molecule has 2 aromatic rings. The quantitative estimate of drug-likeness (QED) is 0.0945. The van der Waals surface area contributed by atoms with Crippen LogP contribution in [0.1, 0.15) is 83.3 Å². The van der Waals surface area contributed by atoms with Crippen molar-refractivity contribution in [2.24, 2.45) is 11.8 Å². The SMILES string of the molecule is C=CC[N@@+]1(CC(C)C)CC[C@]2(c3cccc(OC(C)=O)c3)C[C@@H](NC(=O)CCCCCc3ccccc3)CCC2C1. The van der Waals surface area contributed by atoms with Crippen LogP contribution in [-0.4, -0.2) is 48.6 Å². The number of benzene rings is 2. The Labute approximate surface area is 248 Å². The molecule has 4 atom stereocenters. The van der Waals surface area contributed by atoms with Crippen molar-refractivity contribution < 1.29 is 18.8 Å². The van der Waals surface area contributed by atoms with Gasteiger partial charge in [0, 0.05) is 43.1 Å². The van der Waals surface area contributed by atoms with Gasteiger partial charge in [0.15, 0.2) is 0 Å². The Morgan fingerprint density at radius 2 is 1.90 bits per heavy atom. The molecule has 1 amide bonds. The van der Waals surface area contributed by atoms with Crippen LogP contribution in [0.5, 0.6) is 5.75 Å². The van der Waals surface area contributed by atoms with Crippen LogP contribution in [0.15, 0.2) is 67.3 Å². The standard InChI is InChI=1S/C36H50N2O3/c1-5-22-38(26-28(2)3)23-21-36(31-16-12-17-34(24-31)41-29(4)39)25-33(20-19-32(36)27-38)37-35(40)18-11-7-10-15-30-13-8-6-9-14-30/h5-6,8-9,12-14,16-17,24,28,32-33H,1,7,10-11,15,18-23,25-27H2,2-4H3/p+1/t32?,33-,36+,38-/m0/s1. The lowest BCUT2D eigenvalue weighted by Gasteiger charge is -2.56. The van der Waals surface area contributed by atoms with Gasteiger partial charge in [-0.15, -0.1) is 0 Å². The Morgan fingerprint density at radius 1 is 1.10 bits per heavy atom. The van der Waals surface area contributed by atoms with E-state index >= 15 is 0 Å². The first-order chi connectivity index (χ1) is 19.7. The summed E-state index contributed by atoms with van der Waals surface area (Å²) >= 11 is 0. The molecule has 1 heterocycles. The summed E-state index contributed by atoms with van der Waals surface area (Å²) in [5.41, 5.74) is 2.58. The van der Waals surface area contributed by atoms with Crippen LogP contribution in [0.2, 0.25) is 0 Å². The molecule has 2 fully saturated rings. The lowest BCUT2D eigenvalue weighted by molar-refractivity contribution is -0.935. The summed E-state index contributed by atoms with van der Waals surface area (Å²) in [4.78, 5) is 24.8. The van der Waals surface area contributed by atoms with E-state index in [9.17, 15) is 9.59 Å². The minimum absolute atomic E-state index is 0.0397. The third-order valence-corrected chi connectivity index (χ3v) is 9.41. The average Bonchev–Trinajstić information content (AvgIpc) is 2.93. The summed E-state index contributed by atoms with van der Waals surface area (Å²) in [6.45, 7) is 14.6. The highest BCUT2D eigenvalue weighted by Crippen LogP contribution is 2.51. The molecule has 1 aliphatic carbocycles. The second-order valence-corrected chi connectivity index (χ2v) is 13.1. The maximum absolute atomic E-state index is 13.0. The summed E-state index contributed by atoms with van der Waals surface area (Å²) in [6, 6.07) is 18.9. The van der Waals surface area contributed by atoms with Gasteiger partial charge in [0.2, 0.25) is 5.91 Å². The van der Waals surface area contributed by atoms with Crippen LogP contribution in [0, 0.1) is 11.8 Å². The number of hydrogen-bond donors (Lipinski definition) is 1. The molecule has 1 saturated heterocycles. The zero-order valence-corrected chi connectivity index (χ0v) is 25.6. The Bertz CT molecular complexity index is 1160. The van der Waals surface area contributed by atoms with E-state index in [2.05, 4.69) is 74.3 Å². The van der Waals surface area contributed by atoms with Gasteiger partial charge in [-0.25, -0.2) is 0 Å². The number of fused-ring (bicyclic) bond motifs is 1. The van der Waals surface area contributed by atoms with Crippen molar-refractivity contribution in [1.29, 1.82) is 0 Å². The van der Waals surface area contributed by atoms with Crippen molar-refractivity contribution in [3.8, 4) is 5.75 Å². The number of ether oxygens (including phenoxy) is 1. The highest BCUT2D eigenvalue weighted by atomic mass is 16.5. The lowest BCUT2D eigenvalue weighted by Crippen LogP contribution is -2.64. The molecule has 0 radical (unpaired) electrons. The zero-order valence-electron chi connectivity index (χ0n) is 25.6. The number of nitrogens with one attached hydrogen (secondary N) is 1. The molecule has 4 rings (SSSR count). The molecule has 5 heteroatoms. The van der Waals surface area contributed by atoms with Gasteiger partial charge in [-0.2, -0.15) is 0 Å². The van der Waals surface area contributed by atoms with E-state index in [0.29, 0.717) is 24.0 Å². The summed E-state index contributed by atoms with van der Waals surface area (Å²) in [7, 11) is 0. The molecule has 5 nitrogen and oxygen atoms in total. The maximum Gasteiger partial charge on any atom is 0.308 e. The number of rotatable bonds is 13. The number of piperidine rings is 1. The van der Waals surface area contributed by atoms with Crippen LogP contribution in [-0.2, 0) is 21.4 Å². The monoisotopic (exact) mass is 559 g/mol. The molecule has 0 bridgehead atoms. The lowest BCUT2D eigenvalue weighted by atomic mass is 9.57. The van der Waals surface area contributed by atoms with Crippen molar-refractivity contribution in [1.82, 2.24) is 5.32 Å². The summed E-state index contributed by atoms with van der Waals surface area (Å²) in [5, 5.41) is 3.43. The van der Waals surface area contributed by atoms with E-state index < -0.39 is 0 Å². The largest absolute Gasteiger partial charge is 0.427 e. The van der Waals surface area contributed by atoms with Gasteiger partial charge in [-0.05, 0) is 67.9 Å². The van der Waals surface area contributed by atoms with Crippen LogP contribution >= 0.6 is 0 Å². The van der Waals surface area contributed by atoms with Crippen LogP contribution in [0.25, 0.3) is 0 Å². The van der Waals surface area contributed by atoms with Gasteiger partial charge < -0.3 is 14.5 Å². The van der Waals surface area contributed by atoms with Crippen molar-refractivity contribution in [3.05, 3.63) is 78.4 Å². The zero-order chi connectivity index (χ0) is 29.3. The van der Waals surface area contributed by atoms with Crippen LogP contribution in [0.3, 0.4) is 0 Å². The summed E-state index contributed by atoms with van der Waals surface area (Å²) in [6.07, 6.45) is 11.0. The number of esters is 1. The molecule has 1 saturated carbocycles. The molecule has 2 aromatic carbocycles. The topological polar surface area (TPSA) is 55.4 Å². The first kappa shape index (κ1) is 31.0. The highest BCUT2D eigenvalue weighted by molar-refractivity contribution is 5.76. The Morgan fingerprint density at radius 3 is 2.63 bits per heavy atom. The van der Waals surface area contributed by atoms with Gasteiger partial charge in [0.05, 0.1) is 26.2 Å². The van der Waals surface area contributed by atoms with Crippen molar-refractivity contribution in [3.63, 3.8) is 0 Å². The number of likely N-dealkylation sites (tertiary alicyclic amines) is 1. The van der Waals surface area contributed by atoms with E-state index in [1.807, 2.05) is 12.1 Å². The number of carbonyl (C=O) groups excluding carboxylic acids is 2. The second kappa shape index (κ2) is 14.3. The Hall–Kier alpha value is -2.92. The average molecular weight is 560 g/mol. The first-order valence-electron chi connectivity index (χ1n) is 15.8. The molecule has 222 valence electrons. The third-order valence-electron chi connectivity index (χ3n) is 9.41. The van der Waals surface area contributed by atoms with Crippen molar-refractivity contribution >= 4 is 11.9 Å². The van der Waals surface area contributed by atoms with Crippen molar-refractivity contribution in [2.75, 3.05) is 26.2 Å². The van der Waals surface area contributed by atoms with E-state index in [1.165, 1.54) is 18.1 Å². The number of unbranched alkanes of at least 4 members (excludes halogenated alkanes) is 2. The van der Waals surface area contributed by atoms with Crippen LogP contribution in [0.4, 0.5) is 0 Å². The first-order valence-corrected chi connectivity index (χ1v) is 15.8. The molecule has 0 spiro atoms. The predicted molar refractivity (Wildman–Crippen MR) is 167 cm³/mol. The number of amides is 1. The van der Waals surface area contributed by atoms with E-state index in [0.717, 1.165) is 82.0 Å². The minimum atomic E-state index is -0.295. The third kappa shape index (κ3) is 8.31. The van der Waals surface area contributed by atoms with E-state index in [-0.39, 0.29) is 23.3 Å². The van der Waals surface area contributed by atoms with E-state index in [1.54, 1.807) is 0 Å². The van der Waals surface area contributed by atoms with Gasteiger partial charge in [0.25, 0.3) is 0 Å². The van der Waals surface area contributed by atoms with Gasteiger partial charge in [-0.3, -0.25) is 9.59 Å². The number of aryl methyl sites for hydroxylation is 1. The molecule has 1 aliphatic heterocycles. The summed E-state index contributed by atoms with van der Waals surface area (Å²) < 4.78 is 6.61. The fourth-order valence-electron chi connectivity index (χ4n) is 7.80. The van der Waals surface area contributed by atoms with Gasteiger partial charge in [-0.1, -0.05) is 69.3 Å². The molecular formula is C36H51N2O3+. The Balaban J connectivity index is 1.44. The molecular weight excluding hydrogens is 508 g/mol. The minimum Gasteiger partial charge on any atom is -0.427 e. The van der Waals surface area contributed by atoms with Crippen LogP contribution < -0.4 is 10.1 Å². The summed E-state index contributed by atoms with van der Waals surface area (Å²) in [5.74, 6) is 1.64. The van der Waals surface area contributed by atoms with Crippen molar-refractivity contribution in [2.45, 2.75) is 90.0 Å². The normalized spacial score (nSPS) is 25.8. The fourth-order valence-corrected chi connectivity index (χ4v) is 7.80. The molecule has 2 aliphatic rings. The predicted octanol–water partition coefficient (Wildman–Crippen LogP) is 7.00.